The van der Waals surface area contributed by atoms with Crippen molar-refractivity contribution in [3.63, 3.8) is 0 Å². The second-order valence-electron chi connectivity index (χ2n) is 6.45. The normalized spacial score (nSPS) is 12.8. The van der Waals surface area contributed by atoms with Crippen molar-refractivity contribution < 1.29 is 19.2 Å². The molecule has 0 radical (unpaired) electrons. The number of carbonyl (C=O) groups excluding carboxylic acids is 2. The van der Waals surface area contributed by atoms with E-state index in [0.717, 1.165) is 10.5 Å². The van der Waals surface area contributed by atoms with Gasteiger partial charge in [0, 0.05) is 17.2 Å². The number of hydrogen-bond acceptors (Lipinski definition) is 5. The zero-order valence-corrected chi connectivity index (χ0v) is 15.8. The molecule has 3 aromatic carbocycles. The van der Waals surface area contributed by atoms with E-state index in [2.05, 4.69) is 0 Å². The minimum absolute atomic E-state index is 0.0621. The molecule has 0 spiro atoms. The summed E-state index contributed by atoms with van der Waals surface area (Å²) in [5.74, 6) is -0.515. The predicted molar refractivity (Wildman–Crippen MR) is 107 cm³/mol. The second-order valence-corrected chi connectivity index (χ2v) is 6.88. The largest absolute Gasteiger partial charge is 0.457 e. The molecule has 7 nitrogen and oxygen atoms in total. The average molecular weight is 409 g/mol. The summed E-state index contributed by atoms with van der Waals surface area (Å²) in [6.45, 7) is 1.78. The fourth-order valence-electron chi connectivity index (χ4n) is 3.14. The Morgan fingerprint density at radius 2 is 1.62 bits per heavy atom. The highest BCUT2D eigenvalue weighted by atomic mass is 35.5. The number of halogens is 1. The first kappa shape index (κ1) is 18.6. The Bertz CT molecular complexity index is 1160. The van der Waals surface area contributed by atoms with E-state index in [1.165, 1.54) is 18.2 Å². The zero-order chi connectivity index (χ0) is 20.7. The van der Waals surface area contributed by atoms with Gasteiger partial charge < -0.3 is 4.74 Å². The molecule has 8 heteroatoms. The van der Waals surface area contributed by atoms with Gasteiger partial charge in [-0.2, -0.15) is 0 Å². The molecule has 3 aromatic rings. The summed E-state index contributed by atoms with van der Waals surface area (Å²) in [5, 5.41) is 11.9. The molecular weight excluding hydrogens is 396 g/mol. The molecule has 0 atom stereocenters. The van der Waals surface area contributed by atoms with Crippen LogP contribution in [0.3, 0.4) is 0 Å². The van der Waals surface area contributed by atoms with Gasteiger partial charge in [-0.05, 0) is 42.8 Å². The Hall–Kier alpha value is -3.71. The first-order valence-electron chi connectivity index (χ1n) is 8.56. The number of hydrogen-bond donors (Lipinski definition) is 0. The van der Waals surface area contributed by atoms with Gasteiger partial charge in [-0.15, -0.1) is 0 Å². The van der Waals surface area contributed by atoms with Gasteiger partial charge in [-0.1, -0.05) is 23.7 Å². The first-order chi connectivity index (χ1) is 13.8. The number of aryl methyl sites for hydroxylation is 1. The van der Waals surface area contributed by atoms with Crippen LogP contribution < -0.4 is 9.64 Å². The number of anilines is 1. The molecule has 1 aliphatic heterocycles. The van der Waals surface area contributed by atoms with Gasteiger partial charge in [0.1, 0.15) is 11.5 Å². The van der Waals surface area contributed by atoms with Gasteiger partial charge in [-0.25, -0.2) is 4.90 Å². The number of benzene rings is 3. The van der Waals surface area contributed by atoms with E-state index in [9.17, 15) is 19.7 Å². The van der Waals surface area contributed by atoms with Crippen molar-refractivity contribution in [1.29, 1.82) is 0 Å². The molecule has 29 heavy (non-hydrogen) atoms. The average Bonchev–Trinajstić information content (AvgIpc) is 2.95. The third-order valence-corrected chi connectivity index (χ3v) is 4.74. The number of carbonyl (C=O) groups is 2. The van der Waals surface area contributed by atoms with Gasteiger partial charge in [0.2, 0.25) is 0 Å². The number of nitro benzene ring substituents is 1. The molecule has 2 amide bonds. The van der Waals surface area contributed by atoms with Crippen molar-refractivity contribution in [2.75, 3.05) is 4.90 Å². The topological polar surface area (TPSA) is 89.8 Å². The van der Waals surface area contributed by atoms with Crippen LogP contribution in [-0.2, 0) is 0 Å². The second kappa shape index (κ2) is 7.03. The van der Waals surface area contributed by atoms with Crippen molar-refractivity contribution in [3.8, 4) is 11.5 Å². The highest BCUT2D eigenvalue weighted by Gasteiger charge is 2.37. The Morgan fingerprint density at radius 3 is 2.21 bits per heavy atom. The lowest BCUT2D eigenvalue weighted by Crippen LogP contribution is -2.29. The van der Waals surface area contributed by atoms with Gasteiger partial charge in [0.15, 0.2) is 0 Å². The lowest BCUT2D eigenvalue weighted by molar-refractivity contribution is -0.384. The maximum atomic E-state index is 12.7. The van der Waals surface area contributed by atoms with E-state index < -0.39 is 16.7 Å². The van der Waals surface area contributed by atoms with Gasteiger partial charge in [-0.3, -0.25) is 19.7 Å². The summed E-state index contributed by atoms with van der Waals surface area (Å²) >= 11 is 5.95. The predicted octanol–water partition coefficient (Wildman–Crippen LogP) is 5.15. The fourth-order valence-corrected chi connectivity index (χ4v) is 3.37. The number of nitro groups is 1. The van der Waals surface area contributed by atoms with E-state index in [4.69, 9.17) is 16.3 Å². The summed E-state index contributed by atoms with van der Waals surface area (Å²) in [6.07, 6.45) is 0. The molecular formula is C21H13ClN2O5. The van der Waals surface area contributed by atoms with Crippen LogP contribution in [0.25, 0.3) is 0 Å². The van der Waals surface area contributed by atoms with E-state index in [1.807, 2.05) is 0 Å². The number of non-ortho nitro benzene ring substituents is 1. The van der Waals surface area contributed by atoms with E-state index in [0.29, 0.717) is 10.8 Å². The van der Waals surface area contributed by atoms with E-state index in [1.54, 1.807) is 49.4 Å². The van der Waals surface area contributed by atoms with Crippen molar-refractivity contribution in [1.82, 2.24) is 0 Å². The molecule has 0 saturated carbocycles. The van der Waals surface area contributed by atoms with Crippen molar-refractivity contribution in [3.05, 3.63) is 92.5 Å². The van der Waals surface area contributed by atoms with Crippen molar-refractivity contribution >= 4 is 34.8 Å². The lowest BCUT2D eigenvalue weighted by atomic mass is 10.1. The van der Waals surface area contributed by atoms with Crippen LogP contribution in [0.2, 0.25) is 5.02 Å². The SMILES string of the molecule is Cc1cc(Cl)ccc1Oc1cc(N2C(=O)c3ccccc3C2=O)cc([N+](=O)[O-])c1. The van der Waals surface area contributed by atoms with Gasteiger partial charge in [0.05, 0.1) is 27.8 Å². The fraction of sp³-hybridized carbons (Fsp3) is 0.0476. The number of fused-ring (bicyclic) bond motifs is 1. The molecule has 0 N–H and O–H groups in total. The smallest absolute Gasteiger partial charge is 0.275 e. The molecule has 0 bridgehead atoms. The first-order valence-corrected chi connectivity index (χ1v) is 8.94. The summed E-state index contributed by atoms with van der Waals surface area (Å²) in [4.78, 5) is 37.2. The summed E-state index contributed by atoms with van der Waals surface area (Å²) in [7, 11) is 0. The highest BCUT2D eigenvalue weighted by Crippen LogP contribution is 2.36. The summed E-state index contributed by atoms with van der Waals surface area (Å²) in [5.41, 5.74) is 0.985. The molecule has 0 saturated heterocycles. The van der Waals surface area contributed by atoms with Crippen molar-refractivity contribution in [2.24, 2.45) is 0 Å². The number of imide groups is 1. The van der Waals surface area contributed by atoms with Crippen LogP contribution in [0, 0.1) is 17.0 Å². The van der Waals surface area contributed by atoms with Gasteiger partial charge >= 0.3 is 0 Å². The Kier molecular flexibility index (Phi) is 4.52. The monoisotopic (exact) mass is 408 g/mol. The number of nitrogens with zero attached hydrogens (tertiary/aromatic N) is 2. The molecule has 4 rings (SSSR count). The molecule has 0 aliphatic carbocycles. The highest BCUT2D eigenvalue weighted by molar-refractivity contribution is 6.34. The number of amides is 2. The standard InChI is InChI=1S/C21H13ClN2O5/c1-12-8-13(22)6-7-19(12)29-16-10-14(9-15(11-16)24(27)28)23-20(25)17-4-2-3-5-18(17)21(23)26/h2-11H,1H3. The van der Waals surface area contributed by atoms with Gasteiger partial charge in [0.25, 0.3) is 17.5 Å². The third-order valence-electron chi connectivity index (χ3n) is 4.50. The van der Waals surface area contributed by atoms with Crippen LogP contribution in [-0.4, -0.2) is 16.7 Å². The van der Waals surface area contributed by atoms with Crippen LogP contribution in [0.15, 0.2) is 60.7 Å². The summed E-state index contributed by atoms with van der Waals surface area (Å²) < 4.78 is 5.79. The van der Waals surface area contributed by atoms with Crippen molar-refractivity contribution in [2.45, 2.75) is 6.92 Å². The molecule has 1 heterocycles. The Balaban J connectivity index is 1.78. The Labute approximate surface area is 170 Å². The lowest BCUT2D eigenvalue weighted by Gasteiger charge is -2.16. The third kappa shape index (κ3) is 3.32. The number of ether oxygens (including phenoxy) is 1. The maximum absolute atomic E-state index is 12.7. The molecule has 0 fully saturated rings. The van der Waals surface area contributed by atoms with E-state index in [-0.39, 0.29) is 28.3 Å². The minimum atomic E-state index is -0.608. The summed E-state index contributed by atoms with van der Waals surface area (Å²) in [6, 6.07) is 15.2. The van der Waals surface area contributed by atoms with E-state index >= 15 is 0 Å². The molecule has 144 valence electrons. The number of rotatable bonds is 4. The van der Waals surface area contributed by atoms with Crippen LogP contribution >= 0.6 is 11.6 Å². The van der Waals surface area contributed by atoms with Crippen LogP contribution in [0.1, 0.15) is 26.3 Å². The Morgan fingerprint density at radius 1 is 0.966 bits per heavy atom. The quantitative estimate of drug-likeness (QED) is 0.338. The maximum Gasteiger partial charge on any atom is 0.275 e. The zero-order valence-electron chi connectivity index (χ0n) is 15.1. The molecule has 0 unspecified atom stereocenters. The van der Waals surface area contributed by atoms with Crippen LogP contribution in [0.4, 0.5) is 11.4 Å². The molecule has 0 aromatic heterocycles. The molecule has 1 aliphatic rings. The minimum Gasteiger partial charge on any atom is -0.457 e. The van der Waals surface area contributed by atoms with Crippen LogP contribution in [0.5, 0.6) is 11.5 Å².